The molecule has 1 aliphatic rings. The first-order valence-corrected chi connectivity index (χ1v) is 9.73. The molecule has 4 rings (SSSR count). The fourth-order valence-electron chi connectivity index (χ4n) is 3.12. The number of carboxylic acids is 1. The molecule has 2 heterocycles. The van der Waals surface area contributed by atoms with Gasteiger partial charge in [0.05, 0.1) is 17.3 Å². The van der Waals surface area contributed by atoms with E-state index >= 15 is 0 Å². The Hall–Kier alpha value is -3.16. The van der Waals surface area contributed by atoms with Crippen LogP contribution >= 0.6 is 15.9 Å². The molecule has 6 nitrogen and oxygen atoms in total. The standard InChI is InChI=1S/C22H17BrN2O4/c1-13-19(12-18-10-11-20(29-18)14-2-6-16(23)7-3-14)21(26)25(24-13)17-8-4-15(5-9-17)22(27)28/h2-13,24H,1H3,(H,27,28)/b19-12+/t13-/m0/s1. The Balaban J connectivity index is 1.57. The van der Waals surface area contributed by atoms with E-state index in [1.165, 1.54) is 17.1 Å². The number of nitrogens with one attached hydrogen (secondary N) is 1. The van der Waals surface area contributed by atoms with Crippen LogP contribution in [0.3, 0.4) is 0 Å². The number of carbonyl (C=O) groups excluding carboxylic acids is 1. The van der Waals surface area contributed by atoms with Crippen LogP contribution in [-0.4, -0.2) is 23.0 Å². The molecule has 1 amide bonds. The number of furan rings is 1. The average molecular weight is 453 g/mol. The number of nitrogens with zero attached hydrogens (tertiary/aromatic N) is 1. The van der Waals surface area contributed by atoms with E-state index in [-0.39, 0.29) is 17.5 Å². The van der Waals surface area contributed by atoms with Crippen molar-refractivity contribution in [2.45, 2.75) is 13.0 Å². The van der Waals surface area contributed by atoms with E-state index in [9.17, 15) is 9.59 Å². The number of carboxylic acid groups (broad SMARTS) is 1. The van der Waals surface area contributed by atoms with E-state index in [4.69, 9.17) is 9.52 Å². The summed E-state index contributed by atoms with van der Waals surface area (Å²) in [7, 11) is 0. The minimum absolute atomic E-state index is 0.167. The molecular formula is C22H17BrN2O4. The van der Waals surface area contributed by atoms with Gasteiger partial charge in [0, 0.05) is 15.6 Å². The molecule has 0 bridgehead atoms. The number of hydrogen-bond acceptors (Lipinski definition) is 4. The van der Waals surface area contributed by atoms with Crippen LogP contribution in [0.25, 0.3) is 17.4 Å². The Morgan fingerprint density at radius 3 is 2.45 bits per heavy atom. The van der Waals surface area contributed by atoms with Crippen molar-refractivity contribution in [3.63, 3.8) is 0 Å². The molecule has 1 saturated heterocycles. The van der Waals surface area contributed by atoms with Gasteiger partial charge in [0.1, 0.15) is 11.5 Å². The van der Waals surface area contributed by atoms with Gasteiger partial charge < -0.3 is 9.52 Å². The van der Waals surface area contributed by atoms with Crippen LogP contribution in [0.2, 0.25) is 0 Å². The number of hydrogen-bond donors (Lipinski definition) is 2. The summed E-state index contributed by atoms with van der Waals surface area (Å²) < 4.78 is 6.88. The van der Waals surface area contributed by atoms with Gasteiger partial charge in [0.2, 0.25) is 0 Å². The molecule has 1 atom stereocenters. The fraction of sp³-hybridized carbons (Fsp3) is 0.0909. The summed E-state index contributed by atoms with van der Waals surface area (Å²) in [6.45, 7) is 1.88. The number of aromatic carboxylic acids is 1. The van der Waals surface area contributed by atoms with Crippen molar-refractivity contribution in [2.75, 3.05) is 5.01 Å². The molecule has 0 spiro atoms. The summed E-state index contributed by atoms with van der Waals surface area (Å²) in [5.74, 6) is 0.0901. The molecule has 3 aromatic rings. The summed E-state index contributed by atoms with van der Waals surface area (Å²) in [4.78, 5) is 23.9. The number of rotatable bonds is 4. The van der Waals surface area contributed by atoms with E-state index < -0.39 is 5.97 Å². The molecule has 29 heavy (non-hydrogen) atoms. The van der Waals surface area contributed by atoms with Crippen LogP contribution in [0.1, 0.15) is 23.0 Å². The van der Waals surface area contributed by atoms with Crippen molar-refractivity contribution >= 4 is 39.6 Å². The van der Waals surface area contributed by atoms with Crippen LogP contribution in [-0.2, 0) is 4.79 Å². The van der Waals surface area contributed by atoms with Crippen LogP contribution in [0.15, 0.2) is 75.1 Å². The third-order valence-electron chi connectivity index (χ3n) is 4.67. The van der Waals surface area contributed by atoms with Gasteiger partial charge >= 0.3 is 5.97 Å². The lowest BCUT2D eigenvalue weighted by molar-refractivity contribution is -0.114. The van der Waals surface area contributed by atoms with Crippen LogP contribution in [0.4, 0.5) is 5.69 Å². The summed E-state index contributed by atoms with van der Waals surface area (Å²) >= 11 is 3.41. The first-order chi connectivity index (χ1) is 13.9. The second-order valence-corrected chi connectivity index (χ2v) is 7.57. The zero-order valence-corrected chi connectivity index (χ0v) is 17.0. The first kappa shape index (κ1) is 19.2. The average Bonchev–Trinajstić information content (AvgIpc) is 3.29. The van der Waals surface area contributed by atoms with Crippen molar-refractivity contribution in [2.24, 2.45) is 0 Å². The van der Waals surface area contributed by atoms with Crippen molar-refractivity contribution in [3.8, 4) is 11.3 Å². The maximum Gasteiger partial charge on any atom is 0.335 e. The maximum atomic E-state index is 12.9. The summed E-state index contributed by atoms with van der Waals surface area (Å²) in [5, 5.41) is 10.4. The molecule has 0 saturated carbocycles. The number of carbonyl (C=O) groups is 2. The lowest BCUT2D eigenvalue weighted by atomic mass is 10.1. The molecule has 146 valence electrons. The molecule has 2 aromatic carbocycles. The van der Waals surface area contributed by atoms with Gasteiger partial charge in [-0.25, -0.2) is 15.2 Å². The van der Waals surface area contributed by atoms with E-state index in [2.05, 4.69) is 21.4 Å². The highest BCUT2D eigenvalue weighted by molar-refractivity contribution is 9.10. The minimum atomic E-state index is -1.01. The maximum absolute atomic E-state index is 12.9. The van der Waals surface area contributed by atoms with Crippen molar-refractivity contribution in [1.29, 1.82) is 0 Å². The zero-order chi connectivity index (χ0) is 20.5. The number of anilines is 1. The molecule has 0 unspecified atom stereocenters. The van der Waals surface area contributed by atoms with Crippen molar-refractivity contribution in [1.82, 2.24) is 5.43 Å². The number of benzene rings is 2. The lowest BCUT2D eigenvalue weighted by Crippen LogP contribution is -2.36. The molecule has 0 radical (unpaired) electrons. The summed E-state index contributed by atoms with van der Waals surface area (Å²) in [6, 6.07) is 17.4. The number of halogens is 1. The predicted molar refractivity (Wildman–Crippen MR) is 113 cm³/mol. The van der Waals surface area contributed by atoms with Gasteiger partial charge in [0.15, 0.2) is 0 Å². The van der Waals surface area contributed by atoms with Crippen molar-refractivity contribution in [3.05, 3.63) is 82.0 Å². The Morgan fingerprint density at radius 1 is 1.10 bits per heavy atom. The van der Waals surface area contributed by atoms with Crippen molar-refractivity contribution < 1.29 is 19.1 Å². The smallest absolute Gasteiger partial charge is 0.335 e. The molecular weight excluding hydrogens is 436 g/mol. The molecule has 0 aliphatic carbocycles. The quantitative estimate of drug-likeness (QED) is 0.559. The van der Waals surface area contributed by atoms with Crippen LogP contribution in [0.5, 0.6) is 0 Å². The van der Waals surface area contributed by atoms with E-state index in [1.807, 2.05) is 43.3 Å². The highest BCUT2D eigenvalue weighted by Crippen LogP contribution is 2.28. The second-order valence-electron chi connectivity index (χ2n) is 6.65. The van der Waals surface area contributed by atoms with E-state index in [0.29, 0.717) is 17.0 Å². The third kappa shape index (κ3) is 3.87. The van der Waals surface area contributed by atoms with E-state index in [0.717, 1.165) is 15.8 Å². The monoisotopic (exact) mass is 452 g/mol. The highest BCUT2D eigenvalue weighted by atomic mass is 79.9. The molecule has 1 fully saturated rings. The lowest BCUT2D eigenvalue weighted by Gasteiger charge is -2.16. The van der Waals surface area contributed by atoms with Gasteiger partial charge in [-0.3, -0.25) is 4.79 Å². The Bertz CT molecular complexity index is 1100. The first-order valence-electron chi connectivity index (χ1n) is 8.94. The van der Waals surface area contributed by atoms with Gasteiger partial charge in [-0.15, -0.1) is 0 Å². The van der Waals surface area contributed by atoms with Crippen LogP contribution in [0, 0.1) is 0 Å². The minimum Gasteiger partial charge on any atom is -0.478 e. The van der Waals surface area contributed by atoms with E-state index in [1.54, 1.807) is 18.2 Å². The summed E-state index contributed by atoms with van der Waals surface area (Å²) in [6.07, 6.45) is 1.73. The van der Waals surface area contributed by atoms with Gasteiger partial charge in [-0.1, -0.05) is 28.1 Å². The van der Waals surface area contributed by atoms with Crippen LogP contribution < -0.4 is 10.4 Å². The summed E-state index contributed by atoms with van der Waals surface area (Å²) in [5.41, 5.74) is 5.35. The molecule has 1 aliphatic heterocycles. The Kier molecular flexibility index (Phi) is 5.08. The van der Waals surface area contributed by atoms with Gasteiger partial charge in [0.25, 0.3) is 5.91 Å². The zero-order valence-electron chi connectivity index (χ0n) is 15.4. The topological polar surface area (TPSA) is 82.8 Å². The highest BCUT2D eigenvalue weighted by Gasteiger charge is 2.33. The third-order valence-corrected chi connectivity index (χ3v) is 5.19. The predicted octanol–water partition coefficient (Wildman–Crippen LogP) is 4.73. The Labute approximate surface area is 175 Å². The largest absolute Gasteiger partial charge is 0.478 e. The van der Waals surface area contributed by atoms with Gasteiger partial charge in [-0.05, 0) is 61.5 Å². The molecule has 1 aromatic heterocycles. The molecule has 2 N–H and O–H groups in total. The Morgan fingerprint density at radius 2 is 1.79 bits per heavy atom. The normalized spacial score (nSPS) is 17.9. The SMILES string of the molecule is C[C@@H]1NN(c2ccc(C(=O)O)cc2)C(=O)/C1=C/c1ccc(-c2ccc(Br)cc2)o1. The fourth-order valence-corrected chi connectivity index (χ4v) is 3.39. The molecule has 7 heteroatoms. The number of hydrazine groups is 1. The second kappa shape index (κ2) is 7.69. The number of amides is 1. The van der Waals surface area contributed by atoms with Gasteiger partial charge in [-0.2, -0.15) is 0 Å².